The number of aromatic nitrogens is 5. The van der Waals surface area contributed by atoms with E-state index in [1.54, 1.807) is 47.9 Å². The van der Waals surface area contributed by atoms with Crippen LogP contribution in [0.5, 0.6) is 17.4 Å². The number of benzene rings is 1. The molecule has 12 heteroatoms. The lowest BCUT2D eigenvalue weighted by molar-refractivity contribution is 0.327. The molecule has 0 aliphatic heterocycles. The van der Waals surface area contributed by atoms with E-state index in [0.29, 0.717) is 58.2 Å². The molecule has 0 unspecified atom stereocenters. The normalized spacial score (nSPS) is 11.6. The zero-order valence-electron chi connectivity index (χ0n) is 19.1. The van der Waals surface area contributed by atoms with Gasteiger partial charge < -0.3 is 14.2 Å². The molecule has 3 heterocycles. The minimum Gasteiger partial charge on any atom is -0.494 e. The van der Waals surface area contributed by atoms with Gasteiger partial charge in [0.15, 0.2) is 17.1 Å². The van der Waals surface area contributed by atoms with E-state index >= 15 is 0 Å². The molecule has 0 bridgehead atoms. The van der Waals surface area contributed by atoms with Crippen LogP contribution in [0.2, 0.25) is 0 Å². The fraction of sp³-hybridized carbons (Fsp3) is 0.273. The van der Waals surface area contributed by atoms with Crippen LogP contribution in [0.25, 0.3) is 28.5 Å². The largest absolute Gasteiger partial charge is 0.494 e. The highest BCUT2D eigenvalue weighted by atomic mass is 32.2. The first-order valence-electron chi connectivity index (χ1n) is 10.3. The summed E-state index contributed by atoms with van der Waals surface area (Å²) in [7, 11) is -0.769. The van der Waals surface area contributed by atoms with E-state index in [1.165, 1.54) is 14.2 Å². The SMILES string of the molecule is CCOc1cccc(-c2nc3nc(C)c(CS(N)(=O)=O)nc3n2-c2c(OC)cccc2OC)n1. The molecule has 11 nitrogen and oxygen atoms in total. The second-order valence-electron chi connectivity index (χ2n) is 7.29. The van der Waals surface area contributed by atoms with Gasteiger partial charge in [-0.2, -0.15) is 0 Å². The highest BCUT2D eigenvalue weighted by molar-refractivity contribution is 7.88. The van der Waals surface area contributed by atoms with Crippen LogP contribution in [0.1, 0.15) is 18.3 Å². The maximum atomic E-state index is 11.8. The van der Waals surface area contributed by atoms with Crippen molar-refractivity contribution in [3.05, 3.63) is 47.8 Å². The topological polar surface area (TPSA) is 144 Å². The van der Waals surface area contributed by atoms with Gasteiger partial charge in [-0.1, -0.05) is 12.1 Å². The number of hydrogen-bond acceptors (Lipinski definition) is 9. The van der Waals surface area contributed by atoms with Gasteiger partial charge in [-0.15, -0.1) is 0 Å². The van der Waals surface area contributed by atoms with E-state index in [2.05, 4.69) is 19.9 Å². The van der Waals surface area contributed by atoms with Crippen LogP contribution in [0.4, 0.5) is 0 Å². The molecule has 4 rings (SSSR count). The van der Waals surface area contributed by atoms with E-state index in [9.17, 15) is 8.42 Å². The Labute approximate surface area is 196 Å². The minimum atomic E-state index is -3.84. The van der Waals surface area contributed by atoms with Crippen LogP contribution in [0, 0.1) is 6.92 Å². The predicted octanol–water partition coefficient (Wildman–Crippen LogP) is 2.39. The van der Waals surface area contributed by atoms with Crippen LogP contribution >= 0.6 is 0 Å². The molecule has 0 saturated carbocycles. The third-order valence-corrected chi connectivity index (χ3v) is 5.65. The molecule has 0 spiro atoms. The molecule has 178 valence electrons. The second-order valence-corrected chi connectivity index (χ2v) is 8.90. The molecule has 0 radical (unpaired) electrons. The number of ether oxygens (including phenoxy) is 3. The Morgan fingerprint density at radius 3 is 2.26 bits per heavy atom. The Balaban J connectivity index is 2.10. The molecule has 3 aromatic heterocycles. The quantitative estimate of drug-likeness (QED) is 0.398. The van der Waals surface area contributed by atoms with Gasteiger partial charge in [-0.3, -0.25) is 4.57 Å². The molecular weight excluding hydrogens is 460 g/mol. The highest BCUT2D eigenvalue weighted by Gasteiger charge is 2.25. The summed E-state index contributed by atoms with van der Waals surface area (Å²) in [4.78, 5) is 18.4. The zero-order valence-corrected chi connectivity index (χ0v) is 20.0. The molecule has 0 amide bonds. The molecule has 0 atom stereocenters. The molecule has 0 aliphatic rings. The molecule has 34 heavy (non-hydrogen) atoms. The van der Waals surface area contributed by atoms with Gasteiger partial charge in [-0.05, 0) is 32.0 Å². The van der Waals surface area contributed by atoms with Crippen molar-refractivity contribution in [2.45, 2.75) is 19.6 Å². The van der Waals surface area contributed by atoms with E-state index < -0.39 is 15.8 Å². The highest BCUT2D eigenvalue weighted by Crippen LogP contribution is 2.38. The average molecular weight is 485 g/mol. The lowest BCUT2D eigenvalue weighted by Gasteiger charge is -2.16. The van der Waals surface area contributed by atoms with Crippen LogP contribution in [-0.4, -0.2) is 53.7 Å². The van der Waals surface area contributed by atoms with E-state index in [1.807, 2.05) is 6.92 Å². The van der Waals surface area contributed by atoms with E-state index in [0.717, 1.165) is 0 Å². The third-order valence-electron chi connectivity index (χ3n) is 4.98. The molecule has 0 aliphatic carbocycles. The van der Waals surface area contributed by atoms with Crippen LogP contribution in [-0.2, 0) is 15.8 Å². The van der Waals surface area contributed by atoms with Crippen molar-refractivity contribution in [3.8, 4) is 34.6 Å². The van der Waals surface area contributed by atoms with Crippen molar-refractivity contribution in [2.24, 2.45) is 5.14 Å². The van der Waals surface area contributed by atoms with Gasteiger partial charge in [0.25, 0.3) is 0 Å². The number of rotatable bonds is 8. The van der Waals surface area contributed by atoms with Crippen molar-refractivity contribution < 1.29 is 22.6 Å². The molecule has 4 aromatic rings. The smallest absolute Gasteiger partial charge is 0.214 e. The molecular formula is C22H24N6O5S. The van der Waals surface area contributed by atoms with Gasteiger partial charge >= 0.3 is 0 Å². The summed E-state index contributed by atoms with van der Waals surface area (Å²) in [6.07, 6.45) is 0. The van der Waals surface area contributed by atoms with Crippen molar-refractivity contribution in [1.82, 2.24) is 24.5 Å². The van der Waals surface area contributed by atoms with Gasteiger partial charge in [0.2, 0.25) is 15.9 Å². The summed E-state index contributed by atoms with van der Waals surface area (Å²) in [5, 5.41) is 5.28. The number of hydrogen-bond donors (Lipinski definition) is 1. The van der Waals surface area contributed by atoms with Crippen molar-refractivity contribution in [3.63, 3.8) is 0 Å². The number of sulfonamides is 1. The van der Waals surface area contributed by atoms with E-state index in [4.69, 9.17) is 19.3 Å². The second kappa shape index (κ2) is 9.23. The first kappa shape index (κ1) is 23.4. The zero-order chi connectivity index (χ0) is 24.5. The minimum absolute atomic E-state index is 0.215. The number of fused-ring (bicyclic) bond motifs is 1. The molecule has 2 N–H and O–H groups in total. The predicted molar refractivity (Wildman–Crippen MR) is 126 cm³/mol. The number of methoxy groups -OCH3 is 2. The summed E-state index contributed by atoms with van der Waals surface area (Å²) in [5.41, 5.74) is 2.21. The number of aryl methyl sites for hydroxylation is 1. The van der Waals surface area contributed by atoms with E-state index in [-0.39, 0.29) is 5.69 Å². The summed E-state index contributed by atoms with van der Waals surface area (Å²) < 4.78 is 42.1. The molecule has 0 saturated heterocycles. The first-order chi connectivity index (χ1) is 16.3. The number of nitrogens with two attached hydrogens (primary N) is 1. The summed E-state index contributed by atoms with van der Waals surface area (Å²) >= 11 is 0. The van der Waals surface area contributed by atoms with Crippen LogP contribution in [0.3, 0.4) is 0 Å². The maximum absolute atomic E-state index is 11.8. The average Bonchev–Trinajstić information content (AvgIpc) is 3.15. The Morgan fingerprint density at radius 2 is 1.65 bits per heavy atom. The number of primary sulfonamides is 1. The number of pyridine rings is 1. The summed E-state index contributed by atoms with van der Waals surface area (Å²) in [5.74, 6) is 1.32. The summed E-state index contributed by atoms with van der Waals surface area (Å²) in [6.45, 7) is 3.97. The Hall–Kier alpha value is -3.77. The fourth-order valence-corrected chi connectivity index (χ4v) is 4.19. The molecule has 0 fully saturated rings. The van der Waals surface area contributed by atoms with Crippen molar-refractivity contribution in [1.29, 1.82) is 0 Å². The lowest BCUT2D eigenvalue weighted by atomic mass is 10.2. The number of imidazole rings is 1. The fourth-order valence-electron chi connectivity index (χ4n) is 3.54. The Morgan fingerprint density at radius 1 is 0.971 bits per heavy atom. The number of para-hydroxylation sites is 1. The van der Waals surface area contributed by atoms with Gasteiger partial charge in [0.05, 0.1) is 32.2 Å². The van der Waals surface area contributed by atoms with Crippen molar-refractivity contribution in [2.75, 3.05) is 20.8 Å². The van der Waals surface area contributed by atoms with Crippen LogP contribution in [0.15, 0.2) is 36.4 Å². The monoisotopic (exact) mass is 484 g/mol. The first-order valence-corrected chi connectivity index (χ1v) is 12.0. The van der Waals surface area contributed by atoms with Gasteiger partial charge in [0, 0.05) is 6.07 Å². The number of nitrogens with zero attached hydrogens (tertiary/aromatic N) is 5. The Kier molecular flexibility index (Phi) is 6.35. The van der Waals surface area contributed by atoms with Crippen LogP contribution < -0.4 is 19.3 Å². The van der Waals surface area contributed by atoms with Crippen molar-refractivity contribution >= 4 is 21.3 Å². The van der Waals surface area contributed by atoms with Gasteiger partial charge in [-0.25, -0.2) is 33.5 Å². The third kappa shape index (κ3) is 4.50. The Bertz CT molecular complexity index is 1450. The molecule has 1 aromatic carbocycles. The lowest BCUT2D eigenvalue weighted by Crippen LogP contribution is -2.17. The maximum Gasteiger partial charge on any atom is 0.214 e. The van der Waals surface area contributed by atoms with Gasteiger partial charge in [0.1, 0.15) is 28.6 Å². The standard InChI is InChI=1S/C22H24N6O5S/c1-5-33-18-11-6-8-14(25-18)21-27-20-22(26-15(13(2)24-20)12-34(23,29)30)28(21)19-16(31-3)9-7-10-17(19)32-4/h6-11H,5,12H2,1-4H3,(H2,23,29,30). The summed E-state index contributed by atoms with van der Waals surface area (Å²) in [6, 6.07) is 10.6.